The Morgan fingerprint density at radius 3 is 2.55 bits per heavy atom. The van der Waals surface area contributed by atoms with E-state index in [0.717, 1.165) is 17.8 Å². The van der Waals surface area contributed by atoms with Crippen molar-refractivity contribution in [3.05, 3.63) is 59.4 Å². The Morgan fingerprint density at radius 2 is 1.90 bits per heavy atom. The zero-order chi connectivity index (χ0) is 14.1. The second-order valence-electron chi connectivity index (χ2n) is 5.54. The summed E-state index contributed by atoms with van der Waals surface area (Å²) < 4.78 is 0. The normalized spacial score (nSPS) is 20.5. The van der Waals surface area contributed by atoms with Crippen molar-refractivity contribution < 1.29 is 4.79 Å². The van der Waals surface area contributed by atoms with E-state index in [1.165, 1.54) is 11.1 Å². The van der Waals surface area contributed by atoms with Crippen molar-refractivity contribution in [2.24, 2.45) is 5.92 Å². The molecule has 1 saturated carbocycles. The molecule has 102 valence electrons. The van der Waals surface area contributed by atoms with E-state index in [9.17, 15) is 4.79 Å². The average Bonchev–Trinajstić information content (AvgIpc) is 3.23. The fraction of sp³-hybridized carbons (Fsp3) is 0.294. The van der Waals surface area contributed by atoms with Crippen molar-refractivity contribution in [3.63, 3.8) is 0 Å². The topological polar surface area (TPSA) is 42.0 Å². The minimum atomic E-state index is 0.0963. The second kappa shape index (κ2) is 5.08. The number of anilines is 1. The quantitative estimate of drug-likeness (QED) is 0.924. The largest absolute Gasteiger partial charge is 0.324 e. The van der Waals surface area contributed by atoms with Gasteiger partial charge in [0.25, 0.3) is 0 Å². The predicted octanol–water partition coefficient (Wildman–Crippen LogP) is 3.44. The van der Waals surface area contributed by atoms with Gasteiger partial charge in [-0.15, -0.1) is 0 Å². The number of aryl methyl sites for hydroxylation is 2. The third kappa shape index (κ3) is 2.72. The molecule has 0 saturated heterocycles. The molecule has 0 radical (unpaired) electrons. The first-order valence-corrected chi connectivity index (χ1v) is 6.93. The van der Waals surface area contributed by atoms with Crippen molar-refractivity contribution in [1.82, 2.24) is 4.98 Å². The van der Waals surface area contributed by atoms with Crippen LogP contribution >= 0.6 is 0 Å². The van der Waals surface area contributed by atoms with Crippen LogP contribution in [0.4, 0.5) is 5.69 Å². The summed E-state index contributed by atoms with van der Waals surface area (Å²) in [5.74, 6) is 0.564. The molecule has 2 unspecified atom stereocenters. The Balaban J connectivity index is 1.62. The Bertz CT molecular complexity index is 616. The molecule has 3 rings (SSSR count). The van der Waals surface area contributed by atoms with E-state index < -0.39 is 0 Å². The molecule has 3 nitrogen and oxygen atoms in total. The smallest absolute Gasteiger partial charge is 0.228 e. The molecule has 1 aromatic carbocycles. The molecule has 20 heavy (non-hydrogen) atoms. The number of nitrogens with one attached hydrogen (secondary N) is 1. The van der Waals surface area contributed by atoms with E-state index in [2.05, 4.69) is 41.5 Å². The summed E-state index contributed by atoms with van der Waals surface area (Å²) in [7, 11) is 0. The van der Waals surface area contributed by atoms with Gasteiger partial charge in [-0.1, -0.05) is 29.8 Å². The maximum Gasteiger partial charge on any atom is 0.228 e. The molecule has 2 aromatic rings. The van der Waals surface area contributed by atoms with Crippen molar-refractivity contribution in [2.45, 2.75) is 26.2 Å². The van der Waals surface area contributed by atoms with Crippen LogP contribution in [0, 0.1) is 19.8 Å². The minimum absolute atomic E-state index is 0.0963. The summed E-state index contributed by atoms with van der Waals surface area (Å²) in [6.45, 7) is 4.01. The molecular formula is C17H18N2O. The van der Waals surface area contributed by atoms with Gasteiger partial charge in [-0.3, -0.25) is 9.78 Å². The molecule has 1 fully saturated rings. The highest BCUT2D eigenvalue weighted by Gasteiger charge is 2.43. The van der Waals surface area contributed by atoms with Crippen molar-refractivity contribution in [3.8, 4) is 0 Å². The fourth-order valence-corrected chi connectivity index (χ4v) is 2.44. The second-order valence-corrected chi connectivity index (χ2v) is 5.54. The van der Waals surface area contributed by atoms with Crippen LogP contribution in [0.2, 0.25) is 0 Å². The molecule has 0 aliphatic heterocycles. The minimum Gasteiger partial charge on any atom is -0.324 e. The Kier molecular flexibility index (Phi) is 3.26. The molecule has 3 heteroatoms. The first-order chi connectivity index (χ1) is 9.63. The van der Waals surface area contributed by atoms with E-state index >= 15 is 0 Å². The summed E-state index contributed by atoms with van der Waals surface area (Å²) in [5, 5.41) is 2.94. The van der Waals surface area contributed by atoms with Crippen LogP contribution in [0.25, 0.3) is 0 Å². The predicted molar refractivity (Wildman–Crippen MR) is 79.6 cm³/mol. The zero-order valence-corrected chi connectivity index (χ0v) is 11.8. The van der Waals surface area contributed by atoms with Crippen LogP contribution in [0.15, 0.2) is 42.6 Å². The standard InChI is InChI=1S/C17H18N2O/c1-11-3-6-13(7-4-11)15-9-16(15)17(20)19-14-8-5-12(2)18-10-14/h3-8,10,15-16H,9H2,1-2H3,(H,19,20). The molecule has 1 aliphatic rings. The number of amides is 1. The van der Waals surface area contributed by atoms with Gasteiger partial charge in [0.05, 0.1) is 11.9 Å². The molecule has 1 N–H and O–H groups in total. The number of hydrogen-bond acceptors (Lipinski definition) is 2. The average molecular weight is 266 g/mol. The first kappa shape index (κ1) is 12.9. The van der Waals surface area contributed by atoms with Crippen LogP contribution < -0.4 is 5.32 Å². The third-order valence-corrected chi connectivity index (χ3v) is 3.81. The van der Waals surface area contributed by atoms with E-state index in [0.29, 0.717) is 5.92 Å². The van der Waals surface area contributed by atoms with E-state index in [1.807, 2.05) is 19.1 Å². The number of nitrogens with zero attached hydrogens (tertiary/aromatic N) is 1. The highest BCUT2D eigenvalue weighted by Crippen LogP contribution is 2.47. The SMILES string of the molecule is Cc1ccc(C2CC2C(=O)Nc2ccc(C)nc2)cc1. The fourth-order valence-electron chi connectivity index (χ4n) is 2.44. The zero-order valence-electron chi connectivity index (χ0n) is 11.8. The van der Waals surface area contributed by atoms with E-state index in [-0.39, 0.29) is 11.8 Å². The van der Waals surface area contributed by atoms with Gasteiger partial charge in [-0.05, 0) is 43.9 Å². The number of benzene rings is 1. The van der Waals surface area contributed by atoms with Crippen molar-refractivity contribution >= 4 is 11.6 Å². The Hall–Kier alpha value is -2.16. The van der Waals surface area contributed by atoms with Gasteiger partial charge >= 0.3 is 0 Å². The molecule has 2 atom stereocenters. The lowest BCUT2D eigenvalue weighted by Gasteiger charge is -2.05. The first-order valence-electron chi connectivity index (χ1n) is 6.93. The number of pyridine rings is 1. The van der Waals surface area contributed by atoms with Gasteiger partial charge in [0.1, 0.15) is 0 Å². The number of carbonyl (C=O) groups excluding carboxylic acids is 1. The van der Waals surface area contributed by atoms with Gasteiger partial charge in [-0.2, -0.15) is 0 Å². The monoisotopic (exact) mass is 266 g/mol. The van der Waals surface area contributed by atoms with Gasteiger partial charge in [0.2, 0.25) is 5.91 Å². The molecule has 1 aromatic heterocycles. The molecule has 1 amide bonds. The molecule has 0 spiro atoms. The van der Waals surface area contributed by atoms with E-state index in [1.54, 1.807) is 6.20 Å². The number of carbonyl (C=O) groups is 1. The highest BCUT2D eigenvalue weighted by molar-refractivity contribution is 5.95. The summed E-state index contributed by atoms with van der Waals surface area (Å²) in [6.07, 6.45) is 2.64. The molecule has 0 bridgehead atoms. The summed E-state index contributed by atoms with van der Waals surface area (Å²) in [4.78, 5) is 16.4. The molecular weight excluding hydrogens is 248 g/mol. The third-order valence-electron chi connectivity index (χ3n) is 3.81. The maximum atomic E-state index is 12.2. The maximum absolute atomic E-state index is 12.2. The summed E-state index contributed by atoms with van der Waals surface area (Å²) in [5.41, 5.74) is 4.24. The molecule has 1 aliphatic carbocycles. The molecule has 1 heterocycles. The number of rotatable bonds is 3. The lowest BCUT2D eigenvalue weighted by atomic mass is 10.1. The van der Waals surface area contributed by atoms with E-state index in [4.69, 9.17) is 0 Å². The van der Waals surface area contributed by atoms with Crippen LogP contribution in [-0.2, 0) is 4.79 Å². The van der Waals surface area contributed by atoms with Gasteiger partial charge in [0.15, 0.2) is 0 Å². The van der Waals surface area contributed by atoms with Gasteiger partial charge in [0, 0.05) is 11.6 Å². The Morgan fingerprint density at radius 1 is 1.15 bits per heavy atom. The number of hydrogen-bond donors (Lipinski definition) is 1. The lowest BCUT2D eigenvalue weighted by Crippen LogP contribution is -2.14. The van der Waals surface area contributed by atoms with Crippen molar-refractivity contribution in [1.29, 1.82) is 0 Å². The van der Waals surface area contributed by atoms with Gasteiger partial charge < -0.3 is 5.32 Å². The summed E-state index contributed by atoms with van der Waals surface area (Å²) >= 11 is 0. The van der Waals surface area contributed by atoms with Crippen LogP contribution in [0.3, 0.4) is 0 Å². The van der Waals surface area contributed by atoms with Crippen LogP contribution in [-0.4, -0.2) is 10.9 Å². The number of aromatic nitrogens is 1. The van der Waals surface area contributed by atoms with Crippen LogP contribution in [0.1, 0.15) is 29.2 Å². The Labute approximate surface area is 119 Å². The van der Waals surface area contributed by atoms with Crippen molar-refractivity contribution in [2.75, 3.05) is 5.32 Å². The van der Waals surface area contributed by atoms with Gasteiger partial charge in [-0.25, -0.2) is 0 Å². The summed E-state index contributed by atoms with van der Waals surface area (Å²) in [6, 6.07) is 12.3. The lowest BCUT2D eigenvalue weighted by molar-refractivity contribution is -0.117. The highest BCUT2D eigenvalue weighted by atomic mass is 16.2. The van der Waals surface area contributed by atoms with Crippen LogP contribution in [0.5, 0.6) is 0 Å².